The Bertz CT molecular complexity index is 1270. The minimum absolute atomic E-state index is 0.155. The van der Waals surface area contributed by atoms with E-state index in [9.17, 15) is 9.59 Å². The molecule has 0 N–H and O–H groups in total. The van der Waals surface area contributed by atoms with Gasteiger partial charge in [0.1, 0.15) is 0 Å². The number of anilines is 1. The summed E-state index contributed by atoms with van der Waals surface area (Å²) in [6.07, 6.45) is 0.759. The molecule has 2 aromatic carbocycles. The van der Waals surface area contributed by atoms with Crippen LogP contribution < -0.4 is 19.1 Å². The number of esters is 1. The first-order valence-corrected chi connectivity index (χ1v) is 12.1. The van der Waals surface area contributed by atoms with E-state index >= 15 is 0 Å². The van der Waals surface area contributed by atoms with Gasteiger partial charge in [-0.3, -0.25) is 14.5 Å². The molecule has 1 aliphatic rings. The van der Waals surface area contributed by atoms with Gasteiger partial charge in [-0.1, -0.05) is 26.0 Å². The molecule has 36 heavy (non-hydrogen) atoms. The highest BCUT2D eigenvalue weighted by molar-refractivity contribution is 6.08. The fraction of sp³-hybridized carbons (Fsp3) is 0.444. The molecule has 2 atom stereocenters. The number of benzene rings is 2. The van der Waals surface area contributed by atoms with E-state index in [1.807, 2.05) is 28.8 Å². The van der Waals surface area contributed by atoms with Crippen LogP contribution in [0.4, 0.5) is 5.95 Å². The lowest BCUT2D eigenvalue weighted by molar-refractivity contribution is -0.153. The Morgan fingerprint density at radius 1 is 1.03 bits per heavy atom. The minimum atomic E-state index is -1.14. The normalized spacial score (nSPS) is 17.3. The van der Waals surface area contributed by atoms with E-state index in [4.69, 9.17) is 23.9 Å². The Morgan fingerprint density at radius 2 is 1.75 bits per heavy atom. The van der Waals surface area contributed by atoms with Crippen molar-refractivity contribution in [2.24, 2.45) is 11.8 Å². The third-order valence-electron chi connectivity index (χ3n) is 6.47. The van der Waals surface area contributed by atoms with Gasteiger partial charge in [-0.15, -0.1) is 0 Å². The molecular formula is C27H33N3O6. The summed E-state index contributed by atoms with van der Waals surface area (Å²) >= 11 is 0. The van der Waals surface area contributed by atoms with Crippen LogP contribution in [-0.2, 0) is 14.3 Å². The van der Waals surface area contributed by atoms with E-state index in [0.29, 0.717) is 41.2 Å². The van der Waals surface area contributed by atoms with Crippen molar-refractivity contribution in [3.05, 3.63) is 42.0 Å². The number of ether oxygens (including phenoxy) is 4. The van der Waals surface area contributed by atoms with Crippen LogP contribution in [0.3, 0.4) is 0 Å². The molecule has 0 fully saturated rings. The molecule has 1 amide bonds. The lowest BCUT2D eigenvalue weighted by Gasteiger charge is -2.38. The molecule has 0 bridgehead atoms. The molecule has 9 nitrogen and oxygen atoms in total. The van der Waals surface area contributed by atoms with Crippen LogP contribution in [0.2, 0.25) is 0 Å². The van der Waals surface area contributed by atoms with Gasteiger partial charge in [-0.2, -0.15) is 0 Å². The molecule has 192 valence electrons. The molecule has 0 saturated carbocycles. The van der Waals surface area contributed by atoms with Crippen molar-refractivity contribution < 1.29 is 28.5 Å². The largest absolute Gasteiger partial charge is 0.493 e. The van der Waals surface area contributed by atoms with Gasteiger partial charge in [0.25, 0.3) is 0 Å². The molecule has 0 saturated heterocycles. The molecule has 2 heterocycles. The van der Waals surface area contributed by atoms with E-state index in [0.717, 1.165) is 17.5 Å². The number of hydrogen-bond acceptors (Lipinski definition) is 7. The maximum Gasteiger partial charge on any atom is 0.321 e. The van der Waals surface area contributed by atoms with E-state index in [1.165, 1.54) is 21.3 Å². The Kier molecular flexibility index (Phi) is 7.37. The lowest BCUT2D eigenvalue weighted by atomic mass is 9.88. The highest BCUT2D eigenvalue weighted by Gasteiger charge is 2.49. The number of rotatable bonds is 9. The first kappa shape index (κ1) is 25.3. The second kappa shape index (κ2) is 10.5. The molecule has 9 heteroatoms. The quantitative estimate of drug-likeness (QED) is 0.324. The second-order valence-corrected chi connectivity index (χ2v) is 9.04. The average Bonchev–Trinajstić information content (AvgIpc) is 3.25. The molecule has 4 rings (SSSR count). The summed E-state index contributed by atoms with van der Waals surface area (Å²) in [7, 11) is 4.58. The van der Waals surface area contributed by atoms with E-state index in [2.05, 4.69) is 13.8 Å². The summed E-state index contributed by atoms with van der Waals surface area (Å²) in [4.78, 5) is 33.9. The SMILES string of the molecule is CCOC(=O)[C@@H]1C(=O)N(CCC(C)C)c2nc3ccccc3n2[C@H]1c1ccc(OC)c(OC)c1OC. The smallest absolute Gasteiger partial charge is 0.321 e. The number of para-hydroxylation sites is 2. The van der Waals surface area contributed by atoms with Crippen molar-refractivity contribution in [1.82, 2.24) is 9.55 Å². The highest BCUT2D eigenvalue weighted by Crippen LogP contribution is 2.49. The van der Waals surface area contributed by atoms with Gasteiger partial charge in [-0.05, 0) is 43.5 Å². The molecule has 0 radical (unpaired) electrons. The zero-order chi connectivity index (χ0) is 26.0. The summed E-state index contributed by atoms with van der Waals surface area (Å²) in [5, 5.41) is 0. The Balaban J connectivity index is 2.04. The van der Waals surface area contributed by atoms with Crippen LogP contribution >= 0.6 is 0 Å². The standard InChI is InChI=1S/C27H33N3O6/c1-7-36-26(32)21-22(17-12-13-20(33-4)24(35-6)23(17)34-5)30-19-11-9-8-10-18(19)28-27(30)29(25(21)31)15-14-16(2)3/h8-13,16,21-22H,7,14-15H2,1-6H3/t21-,22-/m0/s1. The van der Waals surface area contributed by atoms with Gasteiger partial charge in [-0.25, -0.2) is 4.98 Å². The molecule has 0 unspecified atom stereocenters. The molecular weight excluding hydrogens is 462 g/mol. The fourth-order valence-corrected chi connectivity index (χ4v) is 4.78. The van der Waals surface area contributed by atoms with Crippen LogP contribution in [0.5, 0.6) is 17.2 Å². The van der Waals surface area contributed by atoms with Crippen molar-refractivity contribution >= 4 is 28.9 Å². The lowest BCUT2D eigenvalue weighted by Crippen LogP contribution is -2.50. The van der Waals surface area contributed by atoms with Gasteiger partial charge < -0.3 is 23.5 Å². The summed E-state index contributed by atoms with van der Waals surface area (Å²) in [5.41, 5.74) is 2.11. The van der Waals surface area contributed by atoms with Crippen molar-refractivity contribution in [3.8, 4) is 17.2 Å². The van der Waals surface area contributed by atoms with Gasteiger partial charge in [0.05, 0.1) is 45.0 Å². The maximum absolute atomic E-state index is 14.0. The Hall–Kier alpha value is -3.75. The van der Waals surface area contributed by atoms with Crippen LogP contribution in [0.25, 0.3) is 11.0 Å². The van der Waals surface area contributed by atoms with Gasteiger partial charge in [0.15, 0.2) is 17.4 Å². The number of nitrogens with zero attached hydrogens (tertiary/aromatic N) is 3. The number of methoxy groups -OCH3 is 3. The summed E-state index contributed by atoms with van der Waals surface area (Å²) in [6, 6.07) is 10.4. The molecule has 0 aliphatic carbocycles. The number of imidazole rings is 1. The zero-order valence-corrected chi connectivity index (χ0v) is 21.6. The van der Waals surface area contributed by atoms with Crippen molar-refractivity contribution in [2.75, 3.05) is 39.4 Å². The molecule has 0 spiro atoms. The third-order valence-corrected chi connectivity index (χ3v) is 6.47. The van der Waals surface area contributed by atoms with E-state index < -0.39 is 17.9 Å². The van der Waals surface area contributed by atoms with E-state index in [1.54, 1.807) is 24.0 Å². The highest BCUT2D eigenvalue weighted by atomic mass is 16.5. The number of fused-ring (bicyclic) bond motifs is 3. The first-order valence-electron chi connectivity index (χ1n) is 12.1. The van der Waals surface area contributed by atoms with Crippen LogP contribution in [0.15, 0.2) is 36.4 Å². The van der Waals surface area contributed by atoms with Crippen molar-refractivity contribution in [3.63, 3.8) is 0 Å². The Labute approximate surface area is 210 Å². The van der Waals surface area contributed by atoms with Gasteiger partial charge >= 0.3 is 5.97 Å². The number of aromatic nitrogens is 2. The molecule has 3 aromatic rings. The van der Waals surface area contributed by atoms with Crippen LogP contribution in [0.1, 0.15) is 38.8 Å². The Morgan fingerprint density at radius 3 is 2.39 bits per heavy atom. The molecule has 1 aliphatic heterocycles. The minimum Gasteiger partial charge on any atom is -0.493 e. The van der Waals surface area contributed by atoms with Crippen LogP contribution in [-0.4, -0.2) is 55.9 Å². The average molecular weight is 496 g/mol. The summed E-state index contributed by atoms with van der Waals surface area (Å²) in [6.45, 7) is 6.51. The molecule has 1 aromatic heterocycles. The van der Waals surface area contributed by atoms with Gasteiger partial charge in [0.2, 0.25) is 17.6 Å². The summed E-state index contributed by atoms with van der Waals surface area (Å²) < 4.78 is 24.2. The van der Waals surface area contributed by atoms with E-state index in [-0.39, 0.29) is 12.5 Å². The topological polar surface area (TPSA) is 92.1 Å². The fourth-order valence-electron chi connectivity index (χ4n) is 4.78. The maximum atomic E-state index is 14.0. The third kappa shape index (κ3) is 4.23. The predicted molar refractivity (Wildman–Crippen MR) is 136 cm³/mol. The second-order valence-electron chi connectivity index (χ2n) is 9.04. The zero-order valence-electron chi connectivity index (χ0n) is 21.6. The number of carbonyl (C=O) groups excluding carboxylic acids is 2. The summed E-state index contributed by atoms with van der Waals surface area (Å²) in [5.74, 6) is -0.00822. The first-order chi connectivity index (χ1) is 17.4. The van der Waals surface area contributed by atoms with Gasteiger partial charge in [0, 0.05) is 12.1 Å². The predicted octanol–water partition coefficient (Wildman–Crippen LogP) is 4.22. The number of carbonyl (C=O) groups is 2. The van der Waals surface area contributed by atoms with Crippen molar-refractivity contribution in [1.29, 1.82) is 0 Å². The number of hydrogen-bond donors (Lipinski definition) is 0. The van der Waals surface area contributed by atoms with Crippen molar-refractivity contribution in [2.45, 2.75) is 33.2 Å². The van der Waals surface area contributed by atoms with Crippen LogP contribution in [0, 0.1) is 11.8 Å². The number of amides is 1. The monoisotopic (exact) mass is 495 g/mol.